The van der Waals surface area contributed by atoms with Gasteiger partial charge in [-0.25, -0.2) is 0 Å². The minimum Gasteiger partial charge on any atom is -0.303 e. The number of halogens is 2. The van der Waals surface area contributed by atoms with Crippen LogP contribution in [-0.4, -0.2) is 18.2 Å². The molecule has 5 heteroatoms. The van der Waals surface area contributed by atoms with Crippen LogP contribution in [0.4, 0.5) is 5.69 Å². The van der Waals surface area contributed by atoms with E-state index in [9.17, 15) is 9.59 Å². The van der Waals surface area contributed by atoms with Gasteiger partial charge in [0.1, 0.15) is 0 Å². The fourth-order valence-electron chi connectivity index (χ4n) is 1.89. The number of benzene rings is 1. The van der Waals surface area contributed by atoms with Gasteiger partial charge in [0, 0.05) is 15.5 Å². The van der Waals surface area contributed by atoms with Gasteiger partial charge in [0.05, 0.1) is 11.3 Å². The van der Waals surface area contributed by atoms with Crippen LogP contribution in [0.1, 0.15) is 24.2 Å². The number of fused-ring (bicyclic) bond motifs is 1. The Hall–Kier alpha value is -0.680. The highest BCUT2D eigenvalue weighted by Crippen LogP contribution is 2.38. The maximum atomic E-state index is 11.9. The van der Waals surface area contributed by atoms with Crippen LogP contribution >= 0.6 is 31.9 Å². The van der Waals surface area contributed by atoms with E-state index >= 15 is 0 Å². The molecule has 1 aromatic rings. The van der Waals surface area contributed by atoms with Gasteiger partial charge in [-0.05, 0) is 34.0 Å². The van der Waals surface area contributed by atoms with E-state index in [1.807, 2.05) is 19.9 Å². The smallest absolute Gasteiger partial charge is 0.299 e. The Morgan fingerprint density at radius 2 is 1.88 bits per heavy atom. The van der Waals surface area contributed by atoms with Crippen molar-refractivity contribution in [1.29, 1.82) is 0 Å². The molecule has 0 saturated carbocycles. The van der Waals surface area contributed by atoms with Crippen molar-refractivity contribution in [2.24, 2.45) is 5.92 Å². The number of anilines is 1. The van der Waals surface area contributed by atoms with Crippen molar-refractivity contribution < 1.29 is 9.59 Å². The molecule has 0 bridgehead atoms. The first-order valence-electron chi connectivity index (χ1n) is 5.27. The van der Waals surface area contributed by atoms with E-state index in [0.29, 0.717) is 23.7 Å². The molecule has 0 radical (unpaired) electrons. The summed E-state index contributed by atoms with van der Waals surface area (Å²) >= 11 is 6.73. The molecule has 0 aromatic heterocycles. The summed E-state index contributed by atoms with van der Waals surface area (Å²) in [5.74, 6) is -0.552. The minimum atomic E-state index is -0.437. The van der Waals surface area contributed by atoms with Crippen LogP contribution in [0.15, 0.2) is 21.1 Å². The van der Waals surface area contributed by atoms with Crippen molar-refractivity contribution in [2.45, 2.75) is 13.8 Å². The molecule has 0 aliphatic carbocycles. The van der Waals surface area contributed by atoms with Gasteiger partial charge in [-0.1, -0.05) is 29.8 Å². The Bertz CT molecular complexity index is 511. The summed E-state index contributed by atoms with van der Waals surface area (Å²) in [5.41, 5.74) is 1.16. The number of rotatable bonds is 2. The van der Waals surface area contributed by atoms with Crippen molar-refractivity contribution in [1.82, 2.24) is 0 Å². The third kappa shape index (κ3) is 2.18. The summed E-state index contributed by atoms with van der Waals surface area (Å²) in [7, 11) is 0. The van der Waals surface area contributed by atoms with Crippen LogP contribution in [0.25, 0.3) is 0 Å². The molecule has 0 saturated heterocycles. The number of hydrogen-bond donors (Lipinski definition) is 0. The molecular formula is C12H11Br2NO2. The zero-order valence-electron chi connectivity index (χ0n) is 9.46. The summed E-state index contributed by atoms with van der Waals surface area (Å²) in [6, 6.07) is 3.54. The van der Waals surface area contributed by atoms with E-state index in [2.05, 4.69) is 31.9 Å². The van der Waals surface area contributed by atoms with E-state index < -0.39 is 11.7 Å². The van der Waals surface area contributed by atoms with Gasteiger partial charge in [0.2, 0.25) is 0 Å². The molecule has 1 heterocycles. The fourth-order valence-corrected chi connectivity index (χ4v) is 3.33. The Morgan fingerprint density at radius 1 is 1.24 bits per heavy atom. The predicted octanol–water partition coefficient (Wildman–Crippen LogP) is 3.40. The summed E-state index contributed by atoms with van der Waals surface area (Å²) in [6.07, 6.45) is 0. The largest absolute Gasteiger partial charge is 0.303 e. The van der Waals surface area contributed by atoms with Gasteiger partial charge in [0.15, 0.2) is 0 Å². The second-order valence-corrected chi connectivity index (χ2v) is 6.19. The maximum Gasteiger partial charge on any atom is 0.299 e. The summed E-state index contributed by atoms with van der Waals surface area (Å²) in [4.78, 5) is 25.3. The molecule has 0 N–H and O–H groups in total. The molecule has 0 unspecified atom stereocenters. The molecule has 1 aromatic carbocycles. The number of ketones is 1. The lowest BCUT2D eigenvalue weighted by atomic mass is 10.1. The van der Waals surface area contributed by atoms with Gasteiger partial charge < -0.3 is 4.90 Å². The van der Waals surface area contributed by atoms with E-state index in [4.69, 9.17) is 0 Å². The zero-order chi connectivity index (χ0) is 12.7. The summed E-state index contributed by atoms with van der Waals surface area (Å²) in [6.45, 7) is 4.59. The Morgan fingerprint density at radius 3 is 2.47 bits per heavy atom. The normalized spacial score (nSPS) is 14.8. The Balaban J connectivity index is 2.56. The number of amides is 1. The van der Waals surface area contributed by atoms with Crippen molar-refractivity contribution in [3.63, 3.8) is 0 Å². The molecule has 0 spiro atoms. The molecule has 0 atom stereocenters. The molecular weight excluding hydrogens is 350 g/mol. The highest BCUT2D eigenvalue weighted by atomic mass is 79.9. The molecule has 1 aliphatic heterocycles. The molecule has 2 rings (SSSR count). The van der Waals surface area contributed by atoms with Crippen LogP contribution < -0.4 is 4.90 Å². The van der Waals surface area contributed by atoms with Crippen LogP contribution in [0.5, 0.6) is 0 Å². The number of nitrogens with zero attached hydrogens (tertiary/aromatic N) is 1. The predicted molar refractivity (Wildman–Crippen MR) is 73.4 cm³/mol. The summed E-state index contributed by atoms with van der Waals surface area (Å²) < 4.78 is 1.55. The lowest BCUT2D eigenvalue weighted by Gasteiger charge is -2.19. The third-order valence-electron chi connectivity index (χ3n) is 2.53. The minimum absolute atomic E-state index is 0.313. The van der Waals surface area contributed by atoms with E-state index in [0.717, 1.165) is 8.95 Å². The SMILES string of the molecule is CC(C)CN1C(=O)C(=O)c2cc(Br)cc(Br)c21. The van der Waals surface area contributed by atoms with Crippen LogP contribution in [0.3, 0.4) is 0 Å². The van der Waals surface area contributed by atoms with Crippen molar-refractivity contribution in [2.75, 3.05) is 11.4 Å². The number of carbonyl (C=O) groups excluding carboxylic acids is 2. The second kappa shape index (κ2) is 4.53. The highest BCUT2D eigenvalue weighted by molar-refractivity contribution is 9.11. The monoisotopic (exact) mass is 359 g/mol. The molecule has 17 heavy (non-hydrogen) atoms. The van der Waals surface area contributed by atoms with Crippen molar-refractivity contribution in [3.05, 3.63) is 26.6 Å². The Kier molecular flexibility index (Phi) is 3.41. The van der Waals surface area contributed by atoms with Crippen LogP contribution in [-0.2, 0) is 4.79 Å². The van der Waals surface area contributed by atoms with Gasteiger partial charge in [-0.2, -0.15) is 0 Å². The van der Waals surface area contributed by atoms with Gasteiger partial charge in [-0.15, -0.1) is 0 Å². The van der Waals surface area contributed by atoms with E-state index in [-0.39, 0.29) is 0 Å². The van der Waals surface area contributed by atoms with Crippen LogP contribution in [0.2, 0.25) is 0 Å². The van der Waals surface area contributed by atoms with Crippen molar-refractivity contribution >= 4 is 49.2 Å². The standard InChI is InChI=1S/C12H11Br2NO2/c1-6(2)5-15-10-8(11(16)12(15)17)3-7(13)4-9(10)14/h3-4,6H,5H2,1-2H3. The summed E-state index contributed by atoms with van der Waals surface area (Å²) in [5, 5.41) is 0. The average molecular weight is 361 g/mol. The first kappa shape index (κ1) is 12.8. The highest BCUT2D eigenvalue weighted by Gasteiger charge is 2.37. The van der Waals surface area contributed by atoms with Gasteiger partial charge in [0.25, 0.3) is 11.7 Å². The third-order valence-corrected chi connectivity index (χ3v) is 3.59. The molecule has 0 fully saturated rings. The number of Topliss-reactive ketones (excluding diaryl/α,β-unsaturated/α-hetero) is 1. The molecule has 1 amide bonds. The van der Waals surface area contributed by atoms with E-state index in [1.165, 1.54) is 0 Å². The lowest BCUT2D eigenvalue weighted by molar-refractivity contribution is -0.114. The first-order chi connectivity index (χ1) is 7.91. The topological polar surface area (TPSA) is 37.4 Å². The Labute approximate surface area is 116 Å². The second-order valence-electron chi connectivity index (χ2n) is 4.42. The molecule has 1 aliphatic rings. The van der Waals surface area contributed by atoms with Gasteiger partial charge in [-0.3, -0.25) is 9.59 Å². The van der Waals surface area contributed by atoms with Gasteiger partial charge >= 0.3 is 0 Å². The number of hydrogen-bond acceptors (Lipinski definition) is 2. The molecule has 3 nitrogen and oxygen atoms in total. The van der Waals surface area contributed by atoms with E-state index in [1.54, 1.807) is 11.0 Å². The first-order valence-corrected chi connectivity index (χ1v) is 6.85. The zero-order valence-corrected chi connectivity index (χ0v) is 12.6. The lowest BCUT2D eigenvalue weighted by Crippen LogP contribution is -2.33. The van der Waals surface area contributed by atoms with Crippen LogP contribution in [0, 0.1) is 5.92 Å². The van der Waals surface area contributed by atoms with Crippen molar-refractivity contribution in [3.8, 4) is 0 Å². The maximum absolute atomic E-state index is 11.9. The average Bonchev–Trinajstić information content (AvgIpc) is 2.43. The fraction of sp³-hybridized carbons (Fsp3) is 0.333. The number of carbonyl (C=O) groups is 2. The quantitative estimate of drug-likeness (QED) is 0.758. The molecule has 90 valence electrons.